The van der Waals surface area contributed by atoms with Crippen LogP contribution in [0.1, 0.15) is 24.0 Å². The molecule has 0 aliphatic carbocycles. The second kappa shape index (κ2) is 9.97. The number of ether oxygens (including phenoxy) is 1. The van der Waals surface area contributed by atoms with Crippen LogP contribution < -0.4 is 4.90 Å². The fourth-order valence-electron chi connectivity index (χ4n) is 3.56. The van der Waals surface area contributed by atoms with Crippen molar-refractivity contribution in [3.8, 4) is 0 Å². The van der Waals surface area contributed by atoms with E-state index in [1.165, 1.54) is 35.2 Å². The Morgan fingerprint density at radius 2 is 1.97 bits per heavy atom. The maximum atomic E-state index is 13.7. The van der Waals surface area contributed by atoms with Crippen LogP contribution in [0.3, 0.4) is 0 Å². The number of likely N-dealkylation sites (N-methyl/N-ethyl adjacent to an activating group) is 1. The lowest BCUT2D eigenvalue weighted by molar-refractivity contribution is -0.155. The third kappa shape index (κ3) is 5.74. The van der Waals surface area contributed by atoms with E-state index < -0.39 is 42.0 Å². The first kappa shape index (κ1) is 23.5. The standard InChI is InChI=1S/C22H23F4N3O3/c1-28(12-15-6-2-3-9-18(15)23)19(30)14-32-21(31)16-7-5-11-29(13-16)20-17(22(24,25)26)8-4-10-27-20/h2-4,6,8-10,16H,5,7,11-14H2,1H3. The number of halogens is 4. The minimum absolute atomic E-state index is 0.0121. The van der Waals surface area contributed by atoms with E-state index in [0.29, 0.717) is 24.9 Å². The molecule has 1 amide bonds. The van der Waals surface area contributed by atoms with E-state index >= 15 is 0 Å². The molecule has 1 aliphatic heterocycles. The number of carbonyl (C=O) groups is 2. The van der Waals surface area contributed by atoms with Gasteiger partial charge < -0.3 is 14.5 Å². The molecule has 6 nitrogen and oxygen atoms in total. The van der Waals surface area contributed by atoms with Gasteiger partial charge in [0.2, 0.25) is 0 Å². The number of alkyl halides is 3. The van der Waals surface area contributed by atoms with Crippen molar-refractivity contribution < 1.29 is 31.9 Å². The number of pyridine rings is 1. The minimum atomic E-state index is -4.56. The van der Waals surface area contributed by atoms with Crippen LogP contribution >= 0.6 is 0 Å². The van der Waals surface area contributed by atoms with E-state index in [1.54, 1.807) is 18.2 Å². The summed E-state index contributed by atoms with van der Waals surface area (Å²) in [6.07, 6.45) is -2.37. The van der Waals surface area contributed by atoms with Crippen molar-refractivity contribution in [2.45, 2.75) is 25.6 Å². The van der Waals surface area contributed by atoms with Crippen molar-refractivity contribution in [2.24, 2.45) is 5.92 Å². The molecule has 0 N–H and O–H groups in total. The number of amides is 1. The third-order valence-electron chi connectivity index (χ3n) is 5.28. The summed E-state index contributed by atoms with van der Waals surface area (Å²) in [5.74, 6) is -2.53. The van der Waals surface area contributed by atoms with Gasteiger partial charge in [-0.1, -0.05) is 18.2 Å². The van der Waals surface area contributed by atoms with Crippen LogP contribution in [-0.4, -0.2) is 48.5 Å². The summed E-state index contributed by atoms with van der Waals surface area (Å²) < 4.78 is 58.8. The zero-order valence-corrected chi connectivity index (χ0v) is 17.4. The highest BCUT2D eigenvalue weighted by atomic mass is 19.4. The Balaban J connectivity index is 1.57. The average Bonchev–Trinajstić information content (AvgIpc) is 2.78. The predicted octanol–water partition coefficient (Wildman–Crippen LogP) is 3.66. The van der Waals surface area contributed by atoms with Crippen LogP contribution in [0.4, 0.5) is 23.4 Å². The van der Waals surface area contributed by atoms with E-state index in [2.05, 4.69) is 4.98 Å². The van der Waals surface area contributed by atoms with Gasteiger partial charge in [-0.15, -0.1) is 0 Å². The van der Waals surface area contributed by atoms with Gasteiger partial charge >= 0.3 is 12.1 Å². The van der Waals surface area contributed by atoms with Crippen molar-refractivity contribution >= 4 is 17.7 Å². The summed E-state index contributed by atoms with van der Waals surface area (Å²) in [6.45, 7) is -0.176. The molecule has 3 rings (SSSR count). The van der Waals surface area contributed by atoms with Crippen LogP contribution in [0, 0.1) is 11.7 Å². The Kier molecular flexibility index (Phi) is 7.32. The highest BCUT2D eigenvalue weighted by molar-refractivity contribution is 5.81. The van der Waals surface area contributed by atoms with E-state index in [9.17, 15) is 27.2 Å². The number of piperidine rings is 1. The topological polar surface area (TPSA) is 62.7 Å². The Morgan fingerprint density at radius 3 is 2.69 bits per heavy atom. The summed E-state index contributed by atoms with van der Waals surface area (Å²) >= 11 is 0. The van der Waals surface area contributed by atoms with Crippen molar-refractivity contribution in [3.05, 3.63) is 59.5 Å². The smallest absolute Gasteiger partial charge is 0.419 e. The fraction of sp³-hybridized carbons (Fsp3) is 0.409. The molecule has 1 fully saturated rings. The number of rotatable bonds is 6. The average molecular weight is 453 g/mol. The minimum Gasteiger partial charge on any atom is -0.455 e. The number of nitrogens with zero attached hydrogens (tertiary/aromatic N) is 3. The molecule has 1 unspecified atom stereocenters. The molecule has 1 aliphatic rings. The molecule has 1 aromatic carbocycles. The van der Waals surface area contributed by atoms with E-state index in [-0.39, 0.29) is 18.9 Å². The largest absolute Gasteiger partial charge is 0.455 e. The Morgan fingerprint density at radius 1 is 1.22 bits per heavy atom. The zero-order chi connectivity index (χ0) is 23.3. The molecule has 0 saturated carbocycles. The Labute approximate surface area is 182 Å². The summed E-state index contributed by atoms with van der Waals surface area (Å²) in [7, 11) is 1.46. The van der Waals surface area contributed by atoms with E-state index in [0.717, 1.165) is 6.07 Å². The van der Waals surface area contributed by atoms with Gasteiger partial charge in [-0.2, -0.15) is 13.2 Å². The first-order chi connectivity index (χ1) is 15.2. The third-order valence-corrected chi connectivity index (χ3v) is 5.28. The van der Waals surface area contributed by atoms with Gasteiger partial charge in [-0.05, 0) is 31.0 Å². The SMILES string of the molecule is CN(Cc1ccccc1F)C(=O)COC(=O)C1CCCN(c2ncccc2C(F)(F)F)C1. The van der Waals surface area contributed by atoms with Crippen LogP contribution in [-0.2, 0) is 27.0 Å². The molecule has 172 valence electrons. The van der Waals surface area contributed by atoms with Crippen molar-refractivity contribution in [3.63, 3.8) is 0 Å². The molecule has 2 aromatic rings. The van der Waals surface area contributed by atoms with Crippen molar-refractivity contribution in [1.29, 1.82) is 0 Å². The van der Waals surface area contributed by atoms with Gasteiger partial charge in [0.15, 0.2) is 6.61 Å². The highest BCUT2D eigenvalue weighted by Gasteiger charge is 2.37. The summed E-state index contributed by atoms with van der Waals surface area (Å²) in [5, 5.41) is 0. The summed E-state index contributed by atoms with van der Waals surface area (Å²) in [5.41, 5.74) is -0.535. The zero-order valence-electron chi connectivity index (χ0n) is 17.4. The highest BCUT2D eigenvalue weighted by Crippen LogP contribution is 2.36. The number of hydrogen-bond donors (Lipinski definition) is 0. The summed E-state index contributed by atoms with van der Waals surface area (Å²) in [6, 6.07) is 8.19. The van der Waals surface area contributed by atoms with Crippen LogP contribution in [0.2, 0.25) is 0 Å². The van der Waals surface area contributed by atoms with Crippen LogP contribution in [0.5, 0.6) is 0 Å². The number of benzene rings is 1. The predicted molar refractivity (Wildman–Crippen MR) is 108 cm³/mol. The van der Waals surface area contributed by atoms with Gasteiger partial charge in [0.25, 0.3) is 5.91 Å². The number of hydrogen-bond acceptors (Lipinski definition) is 5. The van der Waals surface area contributed by atoms with Gasteiger partial charge in [0.05, 0.1) is 11.5 Å². The number of anilines is 1. The maximum absolute atomic E-state index is 13.7. The molecule has 0 radical (unpaired) electrons. The molecule has 2 heterocycles. The van der Waals surface area contributed by atoms with E-state index in [4.69, 9.17) is 4.74 Å². The lowest BCUT2D eigenvalue weighted by atomic mass is 9.98. The number of aromatic nitrogens is 1. The molecule has 10 heteroatoms. The molecule has 1 saturated heterocycles. The van der Waals surface area contributed by atoms with E-state index in [1.807, 2.05) is 0 Å². The van der Waals surface area contributed by atoms with Gasteiger partial charge in [0.1, 0.15) is 11.6 Å². The maximum Gasteiger partial charge on any atom is 0.419 e. The first-order valence-electron chi connectivity index (χ1n) is 10.1. The molecular weight excluding hydrogens is 430 g/mol. The second-order valence-corrected chi connectivity index (χ2v) is 7.61. The number of esters is 1. The lowest BCUT2D eigenvalue weighted by Gasteiger charge is -2.33. The molecule has 32 heavy (non-hydrogen) atoms. The second-order valence-electron chi connectivity index (χ2n) is 7.61. The fourth-order valence-corrected chi connectivity index (χ4v) is 3.56. The van der Waals surface area contributed by atoms with Gasteiger partial charge in [0, 0.05) is 38.4 Å². The normalized spacial score (nSPS) is 16.5. The lowest BCUT2D eigenvalue weighted by Crippen LogP contribution is -2.41. The quantitative estimate of drug-likeness (QED) is 0.494. The molecule has 1 atom stereocenters. The molecule has 0 bridgehead atoms. The molecular formula is C22H23F4N3O3. The van der Waals surface area contributed by atoms with Gasteiger partial charge in [-0.3, -0.25) is 9.59 Å². The monoisotopic (exact) mass is 453 g/mol. The van der Waals surface area contributed by atoms with Crippen molar-refractivity contribution in [2.75, 3.05) is 31.6 Å². The molecule has 1 aromatic heterocycles. The van der Waals surface area contributed by atoms with Crippen molar-refractivity contribution in [1.82, 2.24) is 9.88 Å². The Hall–Kier alpha value is -3.17. The first-order valence-corrected chi connectivity index (χ1v) is 10.1. The van der Waals surface area contributed by atoms with Crippen LogP contribution in [0.15, 0.2) is 42.6 Å². The van der Waals surface area contributed by atoms with Gasteiger partial charge in [-0.25, -0.2) is 9.37 Å². The summed E-state index contributed by atoms with van der Waals surface area (Å²) in [4.78, 5) is 31.3. The molecule has 0 spiro atoms. The Bertz CT molecular complexity index is 967. The number of carbonyl (C=O) groups excluding carboxylic acids is 2. The van der Waals surface area contributed by atoms with Crippen LogP contribution in [0.25, 0.3) is 0 Å².